The Morgan fingerprint density at radius 3 is 2.35 bits per heavy atom. The average Bonchev–Trinajstić information content (AvgIpc) is 2.35. The zero-order valence-electron chi connectivity index (χ0n) is 12.8. The lowest BCUT2D eigenvalue weighted by Crippen LogP contribution is -2.50. The van der Waals surface area contributed by atoms with Crippen molar-refractivity contribution in [2.45, 2.75) is 40.2 Å². The van der Waals surface area contributed by atoms with Gasteiger partial charge in [0.15, 0.2) is 6.61 Å². The minimum absolute atomic E-state index is 0.0256. The van der Waals surface area contributed by atoms with E-state index in [9.17, 15) is 4.79 Å². The third-order valence-electron chi connectivity index (χ3n) is 3.35. The average molecular weight is 274 g/mol. The summed E-state index contributed by atoms with van der Waals surface area (Å²) in [5.74, 6) is 0.403. The second kappa shape index (κ2) is 6.42. The van der Waals surface area contributed by atoms with Crippen LogP contribution in [0.25, 0.3) is 0 Å². The van der Waals surface area contributed by atoms with Crippen LogP contribution >= 0.6 is 0 Å². The summed E-state index contributed by atoms with van der Waals surface area (Å²) in [4.78, 5) is 11.9. The molecule has 1 N–H and O–H groups in total. The maximum atomic E-state index is 11.9. The molecule has 0 radical (unpaired) electrons. The summed E-state index contributed by atoms with van der Waals surface area (Å²) in [6.07, 6.45) is 0. The van der Waals surface area contributed by atoms with Crippen molar-refractivity contribution in [1.82, 2.24) is 5.32 Å². The molecular weight excluding hydrogens is 252 g/mol. The van der Waals surface area contributed by atoms with Crippen LogP contribution in [-0.2, 0) is 4.79 Å². The normalized spacial score (nSPS) is 13.4. The molecule has 0 aliphatic heterocycles. The lowest BCUT2D eigenvalue weighted by molar-refractivity contribution is -0.124. The summed E-state index contributed by atoms with van der Waals surface area (Å²) in [6.45, 7) is 9.37. The molecule has 0 aliphatic rings. The van der Waals surface area contributed by atoms with Crippen molar-refractivity contribution in [3.05, 3.63) is 29.3 Å². The summed E-state index contributed by atoms with van der Waals surface area (Å²) >= 11 is 0. The van der Waals surface area contributed by atoms with Crippen LogP contribution < -0.4 is 10.1 Å². The molecule has 4 heteroatoms. The van der Waals surface area contributed by atoms with E-state index in [1.165, 1.54) is 0 Å². The van der Waals surface area contributed by atoms with Crippen molar-refractivity contribution in [1.29, 1.82) is 5.26 Å². The Bertz CT molecular complexity index is 512. The molecule has 108 valence electrons. The zero-order valence-corrected chi connectivity index (χ0v) is 12.8. The number of benzene rings is 1. The van der Waals surface area contributed by atoms with E-state index in [1.807, 2.05) is 45.9 Å². The molecule has 1 aromatic carbocycles. The van der Waals surface area contributed by atoms with Gasteiger partial charge in [-0.25, -0.2) is 0 Å². The molecule has 1 atom stereocenters. The number of aryl methyl sites for hydroxylation is 2. The van der Waals surface area contributed by atoms with E-state index >= 15 is 0 Å². The second-order valence-electron chi connectivity index (χ2n) is 5.63. The molecule has 0 saturated heterocycles. The first-order chi connectivity index (χ1) is 9.26. The van der Waals surface area contributed by atoms with E-state index in [2.05, 4.69) is 11.4 Å². The lowest BCUT2D eigenvalue weighted by atomic mass is 9.90. The molecule has 1 rings (SSSR count). The van der Waals surface area contributed by atoms with Gasteiger partial charge in [0.05, 0.1) is 6.07 Å². The highest BCUT2D eigenvalue weighted by Crippen LogP contribution is 2.17. The predicted molar refractivity (Wildman–Crippen MR) is 78.4 cm³/mol. The molecule has 0 aromatic heterocycles. The molecule has 0 heterocycles. The van der Waals surface area contributed by atoms with Crippen LogP contribution in [0.1, 0.15) is 31.9 Å². The number of nitrogens with zero attached hydrogens (tertiary/aromatic N) is 1. The molecule has 0 fully saturated rings. The molecule has 0 unspecified atom stereocenters. The maximum absolute atomic E-state index is 11.9. The van der Waals surface area contributed by atoms with Crippen molar-refractivity contribution in [2.24, 2.45) is 5.92 Å². The number of nitrogens with one attached hydrogen (secondary N) is 1. The van der Waals surface area contributed by atoms with Gasteiger partial charge in [-0.15, -0.1) is 0 Å². The molecule has 20 heavy (non-hydrogen) atoms. The summed E-state index contributed by atoms with van der Waals surface area (Å²) < 4.78 is 5.48. The van der Waals surface area contributed by atoms with E-state index < -0.39 is 5.54 Å². The summed E-state index contributed by atoms with van der Waals surface area (Å²) in [5, 5.41) is 11.9. The highest BCUT2D eigenvalue weighted by Gasteiger charge is 2.29. The first-order valence-electron chi connectivity index (χ1n) is 6.70. The van der Waals surface area contributed by atoms with Crippen molar-refractivity contribution >= 4 is 5.91 Å². The Kier molecular flexibility index (Phi) is 5.15. The number of ether oxygens (including phenoxy) is 1. The summed E-state index contributed by atoms with van der Waals surface area (Å²) in [5.41, 5.74) is 1.30. The molecule has 1 aromatic rings. The lowest BCUT2D eigenvalue weighted by Gasteiger charge is -2.27. The first kappa shape index (κ1) is 16.0. The second-order valence-corrected chi connectivity index (χ2v) is 5.63. The highest BCUT2D eigenvalue weighted by atomic mass is 16.5. The Hall–Kier alpha value is -2.02. The number of carbonyl (C=O) groups is 1. The van der Waals surface area contributed by atoms with Crippen LogP contribution in [0.4, 0.5) is 0 Å². The van der Waals surface area contributed by atoms with Crippen LogP contribution in [0.3, 0.4) is 0 Å². The largest absolute Gasteiger partial charge is 0.484 e. The standard InChI is InChI=1S/C16H22N2O2/c1-11(2)16(5,10-17)18-15(19)9-20-14-7-12(3)6-13(4)8-14/h6-8,11H,9H2,1-5H3,(H,18,19)/t16-/m1/s1. The van der Waals surface area contributed by atoms with Crippen molar-refractivity contribution in [2.75, 3.05) is 6.61 Å². The number of hydrogen-bond acceptors (Lipinski definition) is 3. The van der Waals surface area contributed by atoms with E-state index in [4.69, 9.17) is 10.00 Å². The van der Waals surface area contributed by atoms with Gasteiger partial charge < -0.3 is 10.1 Å². The molecule has 1 amide bonds. The van der Waals surface area contributed by atoms with Crippen molar-refractivity contribution in [3.63, 3.8) is 0 Å². The number of rotatable bonds is 5. The first-order valence-corrected chi connectivity index (χ1v) is 6.70. The molecule has 0 saturated carbocycles. The third kappa shape index (κ3) is 4.27. The van der Waals surface area contributed by atoms with Gasteiger partial charge in [0.25, 0.3) is 5.91 Å². The van der Waals surface area contributed by atoms with Crippen LogP contribution in [0.5, 0.6) is 5.75 Å². The Balaban J connectivity index is 2.62. The smallest absolute Gasteiger partial charge is 0.259 e. The van der Waals surface area contributed by atoms with E-state index in [0.717, 1.165) is 11.1 Å². The zero-order chi connectivity index (χ0) is 15.3. The maximum Gasteiger partial charge on any atom is 0.259 e. The van der Waals surface area contributed by atoms with Gasteiger partial charge in [0.2, 0.25) is 0 Å². The van der Waals surface area contributed by atoms with Gasteiger partial charge in [0, 0.05) is 0 Å². The monoisotopic (exact) mass is 274 g/mol. The fourth-order valence-electron chi connectivity index (χ4n) is 1.79. The van der Waals surface area contributed by atoms with Gasteiger partial charge in [-0.3, -0.25) is 4.79 Å². The summed E-state index contributed by atoms with van der Waals surface area (Å²) in [7, 11) is 0. The Labute approximate surface area is 120 Å². The Morgan fingerprint density at radius 2 is 1.90 bits per heavy atom. The topological polar surface area (TPSA) is 62.1 Å². The molecule has 0 aliphatic carbocycles. The van der Waals surface area contributed by atoms with Gasteiger partial charge in [0.1, 0.15) is 11.3 Å². The van der Waals surface area contributed by atoms with Crippen molar-refractivity contribution < 1.29 is 9.53 Å². The van der Waals surface area contributed by atoms with E-state index in [1.54, 1.807) is 6.92 Å². The molecular formula is C16H22N2O2. The number of carbonyl (C=O) groups excluding carboxylic acids is 1. The number of amides is 1. The molecule has 0 bridgehead atoms. The van der Waals surface area contributed by atoms with E-state index in [0.29, 0.717) is 5.75 Å². The van der Waals surface area contributed by atoms with Crippen LogP contribution in [-0.4, -0.2) is 18.1 Å². The highest BCUT2D eigenvalue weighted by molar-refractivity contribution is 5.78. The van der Waals surface area contributed by atoms with Crippen LogP contribution in [0, 0.1) is 31.1 Å². The van der Waals surface area contributed by atoms with Gasteiger partial charge in [-0.1, -0.05) is 19.9 Å². The minimum atomic E-state index is -0.872. The summed E-state index contributed by atoms with van der Waals surface area (Å²) in [6, 6.07) is 7.94. The number of nitriles is 1. The van der Waals surface area contributed by atoms with Gasteiger partial charge in [-0.2, -0.15) is 5.26 Å². The van der Waals surface area contributed by atoms with E-state index in [-0.39, 0.29) is 18.4 Å². The van der Waals surface area contributed by atoms with Gasteiger partial charge >= 0.3 is 0 Å². The quantitative estimate of drug-likeness (QED) is 0.898. The Morgan fingerprint density at radius 1 is 1.35 bits per heavy atom. The van der Waals surface area contributed by atoms with Gasteiger partial charge in [-0.05, 0) is 49.9 Å². The molecule has 0 spiro atoms. The minimum Gasteiger partial charge on any atom is -0.484 e. The fraction of sp³-hybridized carbons (Fsp3) is 0.500. The van der Waals surface area contributed by atoms with Crippen LogP contribution in [0.15, 0.2) is 18.2 Å². The van der Waals surface area contributed by atoms with Crippen molar-refractivity contribution in [3.8, 4) is 11.8 Å². The third-order valence-corrected chi connectivity index (χ3v) is 3.35. The molecule has 4 nitrogen and oxygen atoms in total. The fourth-order valence-corrected chi connectivity index (χ4v) is 1.79. The van der Waals surface area contributed by atoms with Crippen LogP contribution in [0.2, 0.25) is 0 Å². The SMILES string of the molecule is Cc1cc(C)cc(OCC(=O)N[C@](C)(C#N)C(C)C)c1. The number of hydrogen-bond donors (Lipinski definition) is 1. The predicted octanol–water partition coefficient (Wildman–Crippen LogP) is 2.74.